The molecule has 0 atom stereocenters. The molecule has 0 radical (unpaired) electrons. The van der Waals surface area contributed by atoms with Crippen molar-refractivity contribution in [3.63, 3.8) is 0 Å². The van der Waals surface area contributed by atoms with Crippen LogP contribution in [0.25, 0.3) is 0 Å². The number of nitrogens with zero attached hydrogens (tertiary/aromatic N) is 3. The maximum atomic E-state index is 12.1. The Hall–Kier alpha value is -1.17. The van der Waals surface area contributed by atoms with E-state index < -0.39 is 0 Å². The highest BCUT2D eigenvalue weighted by molar-refractivity contribution is 5.85. The molecule has 1 aromatic rings. The summed E-state index contributed by atoms with van der Waals surface area (Å²) >= 11 is 0. The molecule has 0 bridgehead atoms. The summed E-state index contributed by atoms with van der Waals surface area (Å²) in [5.41, 5.74) is 2.21. The molecule has 0 unspecified atom stereocenters. The first-order valence-corrected chi connectivity index (χ1v) is 6.74. The van der Waals surface area contributed by atoms with Crippen LogP contribution < -0.4 is 5.32 Å². The molecule has 1 aliphatic heterocycles. The van der Waals surface area contributed by atoms with Crippen LogP contribution in [0.2, 0.25) is 0 Å². The molecule has 6 heteroatoms. The topological polar surface area (TPSA) is 48.5 Å². The van der Waals surface area contributed by atoms with Crippen LogP contribution in [0.1, 0.15) is 11.3 Å². The second-order valence-electron chi connectivity index (χ2n) is 5.07. The molecule has 2 rings (SSSR count). The van der Waals surface area contributed by atoms with Crippen molar-refractivity contribution < 1.29 is 4.79 Å². The number of likely N-dealkylation sites (N-methyl/N-ethyl adjacent to an activating group) is 1. The normalized spacial score (nSPS) is 15.1. The fourth-order valence-electron chi connectivity index (χ4n) is 2.24. The fraction of sp³-hybridized carbons (Fsp3) is 0.571. The predicted octanol–water partition coefficient (Wildman–Crippen LogP) is 0.675. The summed E-state index contributed by atoms with van der Waals surface area (Å²) in [6, 6.07) is 3.99. The van der Waals surface area contributed by atoms with Crippen molar-refractivity contribution in [2.45, 2.75) is 13.5 Å². The molecule has 1 fully saturated rings. The van der Waals surface area contributed by atoms with Gasteiger partial charge in [-0.15, -0.1) is 12.4 Å². The number of hydrogen-bond acceptors (Lipinski definition) is 4. The van der Waals surface area contributed by atoms with Crippen molar-refractivity contribution in [2.24, 2.45) is 0 Å². The number of piperazine rings is 1. The van der Waals surface area contributed by atoms with Crippen LogP contribution in [0.3, 0.4) is 0 Å². The van der Waals surface area contributed by atoms with E-state index in [9.17, 15) is 4.79 Å². The number of pyridine rings is 1. The van der Waals surface area contributed by atoms with Gasteiger partial charge in [-0.2, -0.15) is 0 Å². The molecule has 2 heterocycles. The summed E-state index contributed by atoms with van der Waals surface area (Å²) in [5, 5.41) is 3.25. The van der Waals surface area contributed by atoms with Crippen LogP contribution in [0.5, 0.6) is 0 Å². The van der Waals surface area contributed by atoms with Gasteiger partial charge in [-0.25, -0.2) is 0 Å². The van der Waals surface area contributed by atoms with Crippen LogP contribution >= 0.6 is 12.4 Å². The van der Waals surface area contributed by atoms with Gasteiger partial charge >= 0.3 is 0 Å². The van der Waals surface area contributed by atoms with Gasteiger partial charge in [0.2, 0.25) is 5.91 Å². The largest absolute Gasteiger partial charge is 0.339 e. The minimum absolute atomic E-state index is 0. The molecular formula is C14H23ClN4O. The van der Waals surface area contributed by atoms with Gasteiger partial charge in [0.25, 0.3) is 0 Å². The molecule has 20 heavy (non-hydrogen) atoms. The standard InChI is InChI=1S/C14H22N4O.ClH/c1-12-4-3-5-16-13(12)10-17(2)11-14(19)18-8-6-15-7-9-18;/h3-5,15H,6-11H2,1-2H3;1H. The van der Waals surface area contributed by atoms with E-state index in [1.165, 1.54) is 5.56 Å². The highest BCUT2D eigenvalue weighted by atomic mass is 35.5. The second kappa shape index (κ2) is 8.19. The first kappa shape index (κ1) is 16.9. The van der Waals surface area contributed by atoms with Crippen molar-refractivity contribution >= 4 is 18.3 Å². The zero-order valence-electron chi connectivity index (χ0n) is 12.1. The summed E-state index contributed by atoms with van der Waals surface area (Å²) < 4.78 is 0. The highest BCUT2D eigenvalue weighted by Gasteiger charge is 2.17. The summed E-state index contributed by atoms with van der Waals surface area (Å²) in [4.78, 5) is 20.4. The van der Waals surface area contributed by atoms with E-state index in [2.05, 4.69) is 10.3 Å². The second-order valence-corrected chi connectivity index (χ2v) is 5.07. The van der Waals surface area contributed by atoms with E-state index in [-0.39, 0.29) is 18.3 Å². The van der Waals surface area contributed by atoms with E-state index in [4.69, 9.17) is 0 Å². The Morgan fingerprint density at radius 2 is 2.15 bits per heavy atom. The maximum Gasteiger partial charge on any atom is 0.236 e. The van der Waals surface area contributed by atoms with E-state index in [1.54, 1.807) is 6.20 Å². The van der Waals surface area contributed by atoms with Crippen molar-refractivity contribution in [1.29, 1.82) is 0 Å². The Balaban J connectivity index is 0.00000200. The first-order valence-electron chi connectivity index (χ1n) is 6.74. The molecule has 1 amide bonds. The van der Waals surface area contributed by atoms with Gasteiger partial charge in [0.15, 0.2) is 0 Å². The summed E-state index contributed by atoms with van der Waals surface area (Å²) in [5.74, 6) is 0.206. The number of carbonyl (C=O) groups is 1. The SMILES string of the molecule is Cc1cccnc1CN(C)CC(=O)N1CCNCC1.Cl. The highest BCUT2D eigenvalue weighted by Crippen LogP contribution is 2.06. The monoisotopic (exact) mass is 298 g/mol. The van der Waals surface area contributed by atoms with Gasteiger partial charge in [-0.3, -0.25) is 14.7 Å². The average Bonchev–Trinajstić information content (AvgIpc) is 2.42. The lowest BCUT2D eigenvalue weighted by molar-refractivity contribution is -0.132. The lowest BCUT2D eigenvalue weighted by Crippen LogP contribution is -2.49. The van der Waals surface area contributed by atoms with E-state index in [0.29, 0.717) is 13.1 Å². The molecule has 0 saturated carbocycles. The van der Waals surface area contributed by atoms with Crippen molar-refractivity contribution in [3.8, 4) is 0 Å². The average molecular weight is 299 g/mol. The number of aryl methyl sites for hydroxylation is 1. The summed E-state index contributed by atoms with van der Waals surface area (Å²) in [6.07, 6.45) is 1.80. The number of halogens is 1. The van der Waals surface area contributed by atoms with Gasteiger partial charge < -0.3 is 10.2 Å². The molecular weight excluding hydrogens is 276 g/mol. The Bertz CT molecular complexity index is 435. The van der Waals surface area contributed by atoms with Crippen LogP contribution in [0, 0.1) is 6.92 Å². The molecule has 0 aliphatic carbocycles. The lowest BCUT2D eigenvalue weighted by atomic mass is 10.2. The minimum atomic E-state index is 0. The van der Waals surface area contributed by atoms with E-state index in [1.807, 2.05) is 35.9 Å². The van der Waals surface area contributed by atoms with Crippen LogP contribution in [-0.4, -0.2) is 60.5 Å². The number of nitrogens with one attached hydrogen (secondary N) is 1. The number of rotatable bonds is 4. The maximum absolute atomic E-state index is 12.1. The molecule has 112 valence electrons. The van der Waals surface area contributed by atoms with Crippen molar-refractivity contribution in [1.82, 2.24) is 20.1 Å². The smallest absolute Gasteiger partial charge is 0.236 e. The Labute approximate surface area is 126 Å². The molecule has 1 aliphatic rings. The Morgan fingerprint density at radius 3 is 2.80 bits per heavy atom. The third kappa shape index (κ3) is 4.74. The van der Waals surface area contributed by atoms with Gasteiger partial charge in [0.05, 0.1) is 12.2 Å². The van der Waals surface area contributed by atoms with Gasteiger partial charge in [0.1, 0.15) is 0 Å². The number of hydrogen-bond donors (Lipinski definition) is 1. The predicted molar refractivity (Wildman–Crippen MR) is 82.0 cm³/mol. The van der Waals surface area contributed by atoms with Gasteiger partial charge in [0, 0.05) is 38.9 Å². The third-order valence-corrected chi connectivity index (χ3v) is 3.41. The fourth-order valence-corrected chi connectivity index (χ4v) is 2.24. The first-order chi connectivity index (χ1) is 9.16. The number of aromatic nitrogens is 1. The van der Waals surface area contributed by atoms with Crippen molar-refractivity contribution in [2.75, 3.05) is 39.8 Å². The van der Waals surface area contributed by atoms with Crippen LogP contribution in [0.4, 0.5) is 0 Å². The molecule has 0 aromatic carbocycles. The Morgan fingerprint density at radius 1 is 1.45 bits per heavy atom. The van der Waals surface area contributed by atoms with Crippen LogP contribution in [-0.2, 0) is 11.3 Å². The minimum Gasteiger partial charge on any atom is -0.339 e. The molecule has 1 saturated heterocycles. The summed E-state index contributed by atoms with van der Waals surface area (Å²) in [7, 11) is 1.97. The summed E-state index contributed by atoms with van der Waals surface area (Å²) in [6.45, 7) is 6.64. The Kier molecular flexibility index (Phi) is 6.91. The molecule has 1 N–H and O–H groups in total. The third-order valence-electron chi connectivity index (χ3n) is 3.41. The number of carbonyl (C=O) groups excluding carboxylic acids is 1. The molecule has 5 nitrogen and oxygen atoms in total. The lowest BCUT2D eigenvalue weighted by Gasteiger charge is -2.29. The quantitative estimate of drug-likeness (QED) is 0.888. The van der Waals surface area contributed by atoms with E-state index in [0.717, 1.165) is 31.9 Å². The van der Waals surface area contributed by atoms with Gasteiger partial charge in [-0.05, 0) is 25.6 Å². The molecule has 0 spiro atoms. The number of amides is 1. The zero-order chi connectivity index (χ0) is 13.7. The van der Waals surface area contributed by atoms with Crippen LogP contribution in [0.15, 0.2) is 18.3 Å². The van der Waals surface area contributed by atoms with Gasteiger partial charge in [-0.1, -0.05) is 6.07 Å². The van der Waals surface area contributed by atoms with Crippen molar-refractivity contribution in [3.05, 3.63) is 29.6 Å². The van der Waals surface area contributed by atoms with E-state index >= 15 is 0 Å². The zero-order valence-corrected chi connectivity index (χ0v) is 12.9. The molecule has 1 aromatic heterocycles.